The monoisotopic (exact) mass is 196 g/mol. The molecule has 0 fully saturated rings. The Labute approximate surface area is 103 Å². The predicted molar refractivity (Wildman–Crippen MR) is 32.5 cm³/mol. The zero-order valence-electron chi connectivity index (χ0n) is 5.27. The number of thiophene rings is 1. The van der Waals surface area contributed by atoms with Gasteiger partial charge in [-0.2, -0.15) is 6.07 Å². The van der Waals surface area contributed by atoms with Crippen LogP contribution in [0.25, 0.3) is 0 Å². The van der Waals surface area contributed by atoms with E-state index in [4.69, 9.17) is 0 Å². The van der Waals surface area contributed by atoms with Crippen molar-refractivity contribution in [2.45, 2.75) is 13.3 Å². The summed E-state index contributed by atoms with van der Waals surface area (Å²) in [6.07, 6.45) is 1.15. The molecule has 0 nitrogen and oxygen atoms in total. The molecule has 0 bridgehead atoms. The van der Waals surface area contributed by atoms with Crippen molar-refractivity contribution in [3.63, 3.8) is 0 Å². The Bertz CT molecular complexity index is 123. The van der Waals surface area contributed by atoms with Crippen LogP contribution in [-0.4, -0.2) is 0 Å². The van der Waals surface area contributed by atoms with Gasteiger partial charge in [0.1, 0.15) is 0 Å². The van der Waals surface area contributed by atoms with E-state index in [1.54, 1.807) is 11.3 Å². The van der Waals surface area contributed by atoms with Crippen LogP contribution >= 0.6 is 11.3 Å². The molecule has 0 aliphatic carbocycles. The van der Waals surface area contributed by atoms with Crippen LogP contribution in [0.2, 0.25) is 0 Å². The van der Waals surface area contributed by atoms with Crippen LogP contribution < -0.4 is 58.2 Å². The summed E-state index contributed by atoms with van der Waals surface area (Å²) in [5, 5.41) is 3.02. The van der Waals surface area contributed by atoms with Crippen molar-refractivity contribution in [3.8, 4) is 0 Å². The molecule has 0 N–H and O–H groups in total. The van der Waals surface area contributed by atoms with Crippen molar-refractivity contribution in [1.82, 2.24) is 0 Å². The van der Waals surface area contributed by atoms with Gasteiger partial charge in [0, 0.05) is 0 Å². The fourth-order valence-electron chi connectivity index (χ4n) is 0.461. The number of hydrogen-bond donors (Lipinski definition) is 0. The van der Waals surface area contributed by atoms with Gasteiger partial charge in [0.05, 0.1) is 0 Å². The number of aryl methyl sites for hydroxylation is 1. The summed E-state index contributed by atoms with van der Waals surface area (Å²) in [5.74, 6) is 0. The van der Waals surface area contributed by atoms with E-state index in [0.717, 1.165) is 6.42 Å². The van der Waals surface area contributed by atoms with Gasteiger partial charge in [-0.25, -0.2) is 6.07 Å². The minimum atomic E-state index is 0. The van der Waals surface area contributed by atoms with E-state index in [9.17, 15) is 0 Å². The van der Waals surface area contributed by atoms with Crippen molar-refractivity contribution in [1.29, 1.82) is 0 Å². The smallest absolute Gasteiger partial charge is 0.300 e. The predicted octanol–water partition coefficient (Wildman–Crippen LogP) is -0.885. The van der Waals surface area contributed by atoms with Crippen LogP contribution in [0, 0.1) is 5.38 Å². The maximum Gasteiger partial charge on any atom is 1.00 e. The summed E-state index contributed by atoms with van der Waals surface area (Å²) >= 11 is 1.70. The first-order valence-electron chi connectivity index (χ1n) is 2.38. The van der Waals surface area contributed by atoms with Gasteiger partial charge in [-0.15, -0.1) is 10.3 Å². The van der Waals surface area contributed by atoms with E-state index in [-0.39, 0.29) is 58.2 Å². The largest absolute Gasteiger partial charge is 1.00 e. The van der Waals surface area contributed by atoms with Crippen LogP contribution in [-0.2, 0) is 6.42 Å². The third-order valence-corrected chi connectivity index (χ3v) is 1.82. The fraction of sp³-hybridized carbons (Fsp3) is 0.333. The van der Waals surface area contributed by atoms with E-state index in [0.29, 0.717) is 0 Å². The van der Waals surface area contributed by atoms with Gasteiger partial charge in [-0.3, -0.25) is 0 Å². The van der Waals surface area contributed by atoms with Crippen LogP contribution in [0.5, 0.6) is 0 Å². The van der Waals surface area contributed by atoms with E-state index < -0.39 is 0 Å². The SMILES string of the molecule is CCc1cc[c-]s1.[Rb+]. The quantitative estimate of drug-likeness (QED) is 0.512. The van der Waals surface area contributed by atoms with Gasteiger partial charge >= 0.3 is 58.2 Å². The summed E-state index contributed by atoms with van der Waals surface area (Å²) in [7, 11) is 0. The topological polar surface area (TPSA) is 0 Å². The van der Waals surface area contributed by atoms with Gasteiger partial charge in [0.25, 0.3) is 0 Å². The Balaban J connectivity index is 0.000000490. The molecule has 1 rings (SSSR count). The number of rotatable bonds is 1. The zero-order chi connectivity index (χ0) is 5.11. The standard InChI is InChI=1S/C6H7S.Rb/c1-2-6-4-3-5-7-6;/h3-4H,2H2,1H3;/q-1;+1. The Kier molecular flexibility index (Phi) is 6.30. The molecule has 0 atom stereocenters. The van der Waals surface area contributed by atoms with Crippen molar-refractivity contribution < 1.29 is 58.2 Å². The average molecular weight is 197 g/mol. The summed E-state index contributed by atoms with van der Waals surface area (Å²) in [6, 6.07) is 4.06. The molecule has 0 aliphatic heterocycles. The molecular weight excluding hydrogens is 190 g/mol. The Morgan fingerprint density at radius 3 is 2.75 bits per heavy atom. The third kappa shape index (κ3) is 2.88. The normalized spacial score (nSPS) is 8.12. The van der Waals surface area contributed by atoms with Gasteiger partial charge < -0.3 is 11.3 Å². The second kappa shape index (κ2) is 5.30. The van der Waals surface area contributed by atoms with Gasteiger partial charge in [-0.1, -0.05) is 13.3 Å². The summed E-state index contributed by atoms with van der Waals surface area (Å²) in [5.41, 5.74) is 0. The Morgan fingerprint density at radius 1 is 1.75 bits per heavy atom. The number of hydrogen-bond acceptors (Lipinski definition) is 1. The fourth-order valence-corrected chi connectivity index (χ4v) is 1.03. The molecule has 0 spiro atoms. The molecule has 38 valence electrons. The van der Waals surface area contributed by atoms with Crippen molar-refractivity contribution in [2.75, 3.05) is 0 Å². The molecule has 0 amide bonds. The van der Waals surface area contributed by atoms with Gasteiger partial charge in [0.2, 0.25) is 0 Å². The molecule has 0 radical (unpaired) electrons. The van der Waals surface area contributed by atoms with E-state index >= 15 is 0 Å². The van der Waals surface area contributed by atoms with E-state index in [1.807, 2.05) is 6.07 Å². The molecule has 1 heterocycles. The molecule has 0 saturated carbocycles. The Hall–Kier alpha value is 1.51. The minimum absolute atomic E-state index is 0. The molecule has 0 aliphatic rings. The maximum absolute atomic E-state index is 3.02. The first-order chi connectivity index (χ1) is 3.43. The molecular formula is C6H7RbS. The van der Waals surface area contributed by atoms with Crippen LogP contribution in [0.15, 0.2) is 12.1 Å². The average Bonchev–Trinajstić information content (AvgIpc) is 2.14. The van der Waals surface area contributed by atoms with Crippen LogP contribution in [0.1, 0.15) is 11.8 Å². The van der Waals surface area contributed by atoms with Crippen molar-refractivity contribution in [2.24, 2.45) is 0 Å². The van der Waals surface area contributed by atoms with E-state index in [1.165, 1.54) is 4.88 Å². The second-order valence-electron chi connectivity index (χ2n) is 1.37. The van der Waals surface area contributed by atoms with Crippen LogP contribution in [0.3, 0.4) is 0 Å². The van der Waals surface area contributed by atoms with Crippen molar-refractivity contribution in [3.05, 3.63) is 22.4 Å². The van der Waals surface area contributed by atoms with E-state index in [2.05, 4.69) is 18.4 Å². The summed E-state index contributed by atoms with van der Waals surface area (Å²) < 4.78 is 0. The first-order valence-corrected chi connectivity index (χ1v) is 3.20. The van der Waals surface area contributed by atoms with Crippen molar-refractivity contribution >= 4 is 11.3 Å². The molecule has 1 aromatic rings. The third-order valence-electron chi connectivity index (χ3n) is 0.876. The van der Waals surface area contributed by atoms with Crippen LogP contribution in [0.4, 0.5) is 0 Å². The molecule has 1 aromatic heterocycles. The molecule has 0 saturated heterocycles. The minimum Gasteiger partial charge on any atom is -0.300 e. The molecule has 0 unspecified atom stereocenters. The first kappa shape index (κ1) is 9.51. The van der Waals surface area contributed by atoms with Gasteiger partial charge in [0.15, 0.2) is 0 Å². The Morgan fingerprint density at radius 2 is 2.50 bits per heavy atom. The zero-order valence-corrected chi connectivity index (χ0v) is 11.0. The summed E-state index contributed by atoms with van der Waals surface area (Å²) in [4.78, 5) is 1.42. The molecule has 2 heteroatoms. The summed E-state index contributed by atoms with van der Waals surface area (Å²) in [6.45, 7) is 2.15. The maximum atomic E-state index is 3.02. The molecule has 8 heavy (non-hydrogen) atoms. The van der Waals surface area contributed by atoms with Gasteiger partial charge in [-0.05, 0) is 0 Å². The second-order valence-corrected chi connectivity index (χ2v) is 2.34. The molecule has 0 aromatic carbocycles.